The molecular weight excluding hydrogens is 245 g/mol. The van der Waals surface area contributed by atoms with Gasteiger partial charge >= 0.3 is 0 Å². The lowest BCUT2D eigenvalue weighted by atomic mass is 10.2. The van der Waals surface area contributed by atoms with Crippen LogP contribution in [0.1, 0.15) is 25.7 Å². The van der Waals surface area contributed by atoms with Crippen LogP contribution in [0.4, 0.5) is 5.82 Å². The molecule has 1 heterocycles. The Bertz CT molecular complexity index is 318. The van der Waals surface area contributed by atoms with E-state index in [9.17, 15) is 0 Å². The highest BCUT2D eigenvalue weighted by molar-refractivity contribution is 6.35. The number of pyridine rings is 1. The van der Waals surface area contributed by atoms with Crippen molar-refractivity contribution in [3.8, 4) is 0 Å². The van der Waals surface area contributed by atoms with E-state index >= 15 is 0 Å². The van der Waals surface area contributed by atoms with E-state index in [0.29, 0.717) is 15.9 Å². The van der Waals surface area contributed by atoms with Crippen LogP contribution in [-0.4, -0.2) is 18.1 Å². The molecule has 5 heteroatoms. The van der Waals surface area contributed by atoms with E-state index in [1.807, 2.05) is 0 Å². The van der Waals surface area contributed by atoms with Gasteiger partial charge in [-0.05, 0) is 25.5 Å². The van der Waals surface area contributed by atoms with Gasteiger partial charge in [-0.3, -0.25) is 0 Å². The predicted octanol–water partition coefficient (Wildman–Crippen LogP) is 3.32. The molecule has 0 aliphatic heterocycles. The number of nitrogens with zero attached hydrogens (tertiary/aromatic N) is 1. The number of hydrogen-bond donors (Lipinski definition) is 2. The summed E-state index contributed by atoms with van der Waals surface area (Å²) in [5, 5.41) is 4.30. The lowest BCUT2D eigenvalue weighted by molar-refractivity contribution is 0.661. The summed E-state index contributed by atoms with van der Waals surface area (Å²) in [5.41, 5.74) is 5.41. The molecular formula is C11H17Cl2N3. The first-order valence-corrected chi connectivity index (χ1v) is 6.24. The fourth-order valence-corrected chi connectivity index (χ4v) is 1.82. The Balaban J connectivity index is 2.21. The third-order valence-electron chi connectivity index (χ3n) is 2.23. The summed E-state index contributed by atoms with van der Waals surface area (Å²) < 4.78 is 0. The molecule has 0 fully saturated rings. The van der Waals surface area contributed by atoms with Gasteiger partial charge in [0.1, 0.15) is 5.82 Å². The summed E-state index contributed by atoms with van der Waals surface area (Å²) in [5.74, 6) is 0.699. The first kappa shape index (κ1) is 13.6. The quantitative estimate of drug-likeness (QED) is 0.741. The normalized spacial score (nSPS) is 10.4. The van der Waals surface area contributed by atoms with Crippen LogP contribution < -0.4 is 11.1 Å². The predicted molar refractivity (Wildman–Crippen MR) is 70.3 cm³/mol. The molecule has 0 bridgehead atoms. The van der Waals surface area contributed by atoms with Crippen LogP contribution in [0.15, 0.2) is 12.3 Å². The zero-order valence-corrected chi connectivity index (χ0v) is 10.7. The molecule has 0 spiro atoms. The van der Waals surface area contributed by atoms with Crippen molar-refractivity contribution < 1.29 is 0 Å². The van der Waals surface area contributed by atoms with Crippen LogP contribution >= 0.6 is 23.2 Å². The van der Waals surface area contributed by atoms with Crippen molar-refractivity contribution in [3.63, 3.8) is 0 Å². The second kappa shape index (κ2) is 7.71. The SMILES string of the molecule is NCCCCCCNc1ncc(Cl)cc1Cl. The summed E-state index contributed by atoms with van der Waals surface area (Å²) in [6.45, 7) is 1.65. The standard InChI is InChI=1S/C11H17Cl2N3/c12-9-7-10(13)11(16-8-9)15-6-4-2-1-3-5-14/h7-8H,1-6,14H2,(H,15,16). The fraction of sp³-hybridized carbons (Fsp3) is 0.545. The summed E-state index contributed by atoms with van der Waals surface area (Å²) in [4.78, 5) is 4.12. The number of hydrogen-bond acceptors (Lipinski definition) is 3. The van der Waals surface area contributed by atoms with Gasteiger partial charge in [-0.2, -0.15) is 0 Å². The number of aromatic nitrogens is 1. The van der Waals surface area contributed by atoms with Crippen LogP contribution in [0.5, 0.6) is 0 Å². The number of rotatable bonds is 7. The van der Waals surface area contributed by atoms with Gasteiger partial charge in [0.2, 0.25) is 0 Å². The van der Waals surface area contributed by atoms with Crippen molar-refractivity contribution in [1.29, 1.82) is 0 Å². The third kappa shape index (κ3) is 5.01. The highest BCUT2D eigenvalue weighted by atomic mass is 35.5. The van der Waals surface area contributed by atoms with Crippen molar-refractivity contribution in [2.75, 3.05) is 18.4 Å². The maximum atomic E-state index is 5.97. The van der Waals surface area contributed by atoms with E-state index in [0.717, 1.165) is 25.9 Å². The van der Waals surface area contributed by atoms with Crippen LogP contribution in [0.2, 0.25) is 10.0 Å². The lowest BCUT2D eigenvalue weighted by Crippen LogP contribution is -2.04. The molecule has 16 heavy (non-hydrogen) atoms. The Kier molecular flexibility index (Phi) is 6.53. The zero-order chi connectivity index (χ0) is 11.8. The number of halogens is 2. The summed E-state index contributed by atoms with van der Waals surface area (Å²) in [6, 6.07) is 1.69. The second-order valence-corrected chi connectivity index (χ2v) is 4.46. The number of nitrogens with one attached hydrogen (secondary N) is 1. The Morgan fingerprint density at radius 3 is 2.62 bits per heavy atom. The van der Waals surface area contributed by atoms with Crippen LogP contribution in [0.25, 0.3) is 0 Å². The fourth-order valence-electron chi connectivity index (χ4n) is 1.37. The van der Waals surface area contributed by atoms with Gasteiger partial charge in [0.05, 0.1) is 10.0 Å². The molecule has 1 rings (SSSR count). The molecule has 0 saturated carbocycles. The van der Waals surface area contributed by atoms with Gasteiger partial charge < -0.3 is 11.1 Å². The summed E-state index contributed by atoms with van der Waals surface area (Å²) >= 11 is 11.7. The Morgan fingerprint density at radius 1 is 1.19 bits per heavy atom. The van der Waals surface area contributed by atoms with E-state index in [-0.39, 0.29) is 0 Å². The van der Waals surface area contributed by atoms with Crippen LogP contribution in [-0.2, 0) is 0 Å². The molecule has 0 aromatic carbocycles. The third-order valence-corrected chi connectivity index (χ3v) is 2.73. The molecule has 0 atom stereocenters. The largest absolute Gasteiger partial charge is 0.369 e. The summed E-state index contributed by atoms with van der Waals surface area (Å²) in [6.07, 6.45) is 6.14. The number of nitrogens with two attached hydrogens (primary N) is 1. The van der Waals surface area contributed by atoms with Crippen LogP contribution in [0.3, 0.4) is 0 Å². The maximum absolute atomic E-state index is 5.97. The molecule has 90 valence electrons. The molecule has 0 aliphatic carbocycles. The molecule has 1 aromatic heterocycles. The van der Waals surface area contributed by atoms with Crippen molar-refractivity contribution in [3.05, 3.63) is 22.3 Å². The van der Waals surface area contributed by atoms with Crippen molar-refractivity contribution in [1.82, 2.24) is 4.98 Å². The van der Waals surface area contributed by atoms with Gasteiger partial charge in [-0.25, -0.2) is 4.98 Å². The first-order valence-electron chi connectivity index (χ1n) is 5.49. The molecule has 3 nitrogen and oxygen atoms in total. The van der Waals surface area contributed by atoms with E-state index in [4.69, 9.17) is 28.9 Å². The molecule has 1 aromatic rings. The minimum atomic E-state index is 0.554. The van der Waals surface area contributed by atoms with Gasteiger partial charge in [0.25, 0.3) is 0 Å². The maximum Gasteiger partial charge on any atom is 0.144 e. The van der Waals surface area contributed by atoms with Gasteiger partial charge in [-0.15, -0.1) is 0 Å². The second-order valence-electron chi connectivity index (χ2n) is 3.61. The van der Waals surface area contributed by atoms with E-state index < -0.39 is 0 Å². The summed E-state index contributed by atoms with van der Waals surface area (Å²) in [7, 11) is 0. The van der Waals surface area contributed by atoms with Gasteiger partial charge in [-0.1, -0.05) is 36.0 Å². The smallest absolute Gasteiger partial charge is 0.144 e. The zero-order valence-electron chi connectivity index (χ0n) is 9.18. The highest BCUT2D eigenvalue weighted by Gasteiger charge is 2.01. The minimum absolute atomic E-state index is 0.554. The topological polar surface area (TPSA) is 50.9 Å². The van der Waals surface area contributed by atoms with Crippen molar-refractivity contribution in [2.45, 2.75) is 25.7 Å². The molecule has 0 unspecified atom stereocenters. The highest BCUT2D eigenvalue weighted by Crippen LogP contribution is 2.22. The van der Waals surface area contributed by atoms with E-state index in [2.05, 4.69) is 10.3 Å². The first-order chi connectivity index (χ1) is 7.74. The lowest BCUT2D eigenvalue weighted by Gasteiger charge is -2.07. The molecule has 0 aliphatic rings. The van der Waals surface area contributed by atoms with Crippen LogP contribution in [0, 0.1) is 0 Å². The van der Waals surface area contributed by atoms with Crippen molar-refractivity contribution in [2.24, 2.45) is 5.73 Å². The number of unbranched alkanes of at least 4 members (excludes halogenated alkanes) is 3. The van der Waals surface area contributed by atoms with Crippen molar-refractivity contribution >= 4 is 29.0 Å². The Labute approximate surface area is 106 Å². The monoisotopic (exact) mass is 261 g/mol. The van der Waals surface area contributed by atoms with E-state index in [1.54, 1.807) is 12.3 Å². The minimum Gasteiger partial charge on any atom is -0.369 e. The molecule has 3 N–H and O–H groups in total. The average Bonchev–Trinajstić information content (AvgIpc) is 2.26. The Morgan fingerprint density at radius 2 is 1.94 bits per heavy atom. The molecule has 0 saturated heterocycles. The van der Waals surface area contributed by atoms with Gasteiger partial charge in [0.15, 0.2) is 0 Å². The van der Waals surface area contributed by atoms with E-state index in [1.165, 1.54) is 12.8 Å². The average molecular weight is 262 g/mol. The van der Waals surface area contributed by atoms with Gasteiger partial charge in [0, 0.05) is 12.7 Å². The molecule has 0 amide bonds. The molecule has 0 radical (unpaired) electrons. The number of anilines is 1. The Hall–Kier alpha value is -0.510.